The van der Waals surface area contributed by atoms with Gasteiger partial charge in [0.15, 0.2) is 0 Å². The third kappa shape index (κ3) is 4.00. The second kappa shape index (κ2) is 7.56. The van der Waals surface area contributed by atoms with Crippen LogP contribution in [-0.2, 0) is 0 Å². The fraction of sp³-hybridized carbons (Fsp3) is 0.118. The zero-order valence-electron chi connectivity index (χ0n) is 11.2. The van der Waals surface area contributed by atoms with Crippen LogP contribution in [0.15, 0.2) is 82.2 Å². The quantitative estimate of drug-likeness (QED) is 0.351. The molecule has 0 unspecified atom stereocenters. The fourth-order valence-electron chi connectivity index (χ4n) is 1.83. The van der Waals surface area contributed by atoms with Gasteiger partial charge in [-0.15, -0.1) is 6.58 Å². The summed E-state index contributed by atoms with van der Waals surface area (Å²) < 4.78 is 0. The number of hydrogen-bond acceptors (Lipinski definition) is 3. The van der Waals surface area contributed by atoms with Crippen LogP contribution in [0.2, 0.25) is 0 Å². The molecule has 3 heteroatoms. The molecule has 0 aliphatic rings. The van der Waals surface area contributed by atoms with Crippen LogP contribution in [0.3, 0.4) is 0 Å². The first-order valence-corrected chi connectivity index (χ1v) is 7.30. The smallest absolute Gasteiger partial charge is 0.0870 e. The lowest BCUT2D eigenvalue weighted by atomic mass is 10.1. The van der Waals surface area contributed by atoms with Gasteiger partial charge in [-0.3, -0.25) is 0 Å². The number of benzene rings is 2. The summed E-state index contributed by atoms with van der Waals surface area (Å²) in [6.07, 6.45) is 3.33. The summed E-state index contributed by atoms with van der Waals surface area (Å²) >= 11 is 1.71. The van der Waals surface area contributed by atoms with E-state index < -0.39 is 0 Å². The molecule has 102 valence electrons. The molecule has 2 nitrogen and oxygen atoms in total. The molecule has 0 saturated heterocycles. The van der Waals surface area contributed by atoms with E-state index in [1.807, 2.05) is 48.5 Å². The summed E-state index contributed by atoms with van der Waals surface area (Å²) in [5.74, 6) is 0. The van der Waals surface area contributed by atoms with E-state index in [4.69, 9.17) is 5.21 Å². The summed E-state index contributed by atoms with van der Waals surface area (Å²) in [5.41, 5.74) is 1.65. The molecule has 2 aromatic rings. The Bertz CT molecular complexity index is 576. The van der Waals surface area contributed by atoms with Crippen molar-refractivity contribution in [3.05, 3.63) is 72.8 Å². The Hall–Kier alpha value is -2.00. The van der Waals surface area contributed by atoms with Gasteiger partial charge in [-0.2, -0.15) is 0 Å². The predicted molar refractivity (Wildman–Crippen MR) is 84.8 cm³/mol. The fourth-order valence-corrected chi connectivity index (χ4v) is 2.67. The van der Waals surface area contributed by atoms with Crippen molar-refractivity contribution in [2.45, 2.75) is 22.6 Å². The molecule has 1 N–H and O–H groups in total. The van der Waals surface area contributed by atoms with E-state index in [0.717, 1.165) is 12.0 Å². The summed E-state index contributed by atoms with van der Waals surface area (Å²) in [6.45, 7) is 3.68. The summed E-state index contributed by atoms with van der Waals surface area (Å²) in [5, 5.41) is 12.4. The van der Waals surface area contributed by atoms with E-state index in [0.29, 0.717) is 12.1 Å². The van der Waals surface area contributed by atoms with Gasteiger partial charge in [-0.25, -0.2) is 0 Å². The average molecular weight is 283 g/mol. The minimum absolute atomic E-state index is 0.696. The molecule has 0 radical (unpaired) electrons. The van der Waals surface area contributed by atoms with Crippen LogP contribution in [0, 0.1) is 0 Å². The van der Waals surface area contributed by atoms with E-state index in [-0.39, 0.29) is 0 Å². The molecule has 0 amide bonds. The van der Waals surface area contributed by atoms with Crippen LogP contribution < -0.4 is 0 Å². The first kappa shape index (κ1) is 14.4. The van der Waals surface area contributed by atoms with E-state index in [1.165, 1.54) is 9.79 Å². The molecule has 0 bridgehead atoms. The van der Waals surface area contributed by atoms with Crippen LogP contribution in [0.25, 0.3) is 0 Å². The predicted octanol–water partition coefficient (Wildman–Crippen LogP) is 4.98. The van der Waals surface area contributed by atoms with Crippen LogP contribution in [0.5, 0.6) is 0 Å². The highest BCUT2D eigenvalue weighted by Crippen LogP contribution is 2.27. The molecule has 2 rings (SSSR count). The molecule has 0 spiro atoms. The van der Waals surface area contributed by atoms with E-state index in [9.17, 15) is 0 Å². The van der Waals surface area contributed by atoms with Gasteiger partial charge in [0.25, 0.3) is 0 Å². The van der Waals surface area contributed by atoms with Gasteiger partial charge in [0, 0.05) is 9.79 Å². The van der Waals surface area contributed by atoms with Crippen LogP contribution >= 0.6 is 11.8 Å². The van der Waals surface area contributed by atoms with Crippen molar-refractivity contribution in [3.63, 3.8) is 0 Å². The molecule has 20 heavy (non-hydrogen) atoms. The van der Waals surface area contributed by atoms with E-state index in [2.05, 4.69) is 23.9 Å². The number of hydrogen-bond donors (Lipinski definition) is 1. The molecule has 0 aromatic heterocycles. The number of allylic oxidation sites excluding steroid dienone is 1. The summed E-state index contributed by atoms with van der Waals surface area (Å²) in [4.78, 5) is 2.38. The van der Waals surface area contributed by atoms with Gasteiger partial charge in [-0.1, -0.05) is 53.3 Å². The van der Waals surface area contributed by atoms with Gasteiger partial charge >= 0.3 is 0 Å². The number of nitrogens with zero attached hydrogens (tertiary/aromatic N) is 1. The molecule has 0 aliphatic carbocycles. The SMILES string of the molecule is C=CCCC(=NO)c1ccc(Sc2ccccc2)cc1. The molecule has 0 fully saturated rings. The van der Waals surface area contributed by atoms with Gasteiger partial charge < -0.3 is 5.21 Å². The Morgan fingerprint density at radius 1 is 1.05 bits per heavy atom. The maximum Gasteiger partial charge on any atom is 0.0870 e. The highest BCUT2D eigenvalue weighted by molar-refractivity contribution is 7.99. The lowest BCUT2D eigenvalue weighted by molar-refractivity contribution is 0.318. The Kier molecular flexibility index (Phi) is 5.44. The highest BCUT2D eigenvalue weighted by atomic mass is 32.2. The number of rotatable bonds is 6. The lowest BCUT2D eigenvalue weighted by Crippen LogP contribution is -2.00. The van der Waals surface area contributed by atoms with Crippen molar-refractivity contribution in [2.24, 2.45) is 5.16 Å². The van der Waals surface area contributed by atoms with Gasteiger partial charge in [0.2, 0.25) is 0 Å². The van der Waals surface area contributed by atoms with E-state index in [1.54, 1.807) is 11.8 Å². The maximum atomic E-state index is 9.06. The third-order valence-corrected chi connectivity index (χ3v) is 3.89. The zero-order valence-corrected chi connectivity index (χ0v) is 12.0. The molecular weight excluding hydrogens is 266 g/mol. The Morgan fingerprint density at radius 3 is 2.30 bits per heavy atom. The van der Waals surface area contributed by atoms with E-state index >= 15 is 0 Å². The first-order valence-electron chi connectivity index (χ1n) is 6.48. The first-order chi connectivity index (χ1) is 9.83. The second-order valence-corrected chi connectivity index (χ2v) is 5.46. The highest BCUT2D eigenvalue weighted by Gasteiger charge is 2.04. The second-order valence-electron chi connectivity index (χ2n) is 4.31. The molecule has 0 saturated carbocycles. The van der Waals surface area contributed by atoms with Gasteiger partial charge in [0.05, 0.1) is 5.71 Å². The monoisotopic (exact) mass is 283 g/mol. The van der Waals surface area contributed by atoms with Crippen LogP contribution in [0.4, 0.5) is 0 Å². The van der Waals surface area contributed by atoms with Crippen molar-refractivity contribution in [3.8, 4) is 0 Å². The third-order valence-electron chi connectivity index (χ3n) is 2.87. The average Bonchev–Trinajstić information content (AvgIpc) is 2.50. The molecule has 0 heterocycles. The largest absolute Gasteiger partial charge is 0.411 e. The standard InChI is InChI=1S/C17H17NOS/c1-2-3-9-17(18-19)14-10-12-16(13-11-14)20-15-7-5-4-6-8-15/h2,4-8,10-13,19H,1,3,9H2. The molecule has 0 aliphatic heterocycles. The Balaban J connectivity index is 2.08. The van der Waals surface area contributed by atoms with Crippen molar-refractivity contribution in [2.75, 3.05) is 0 Å². The minimum Gasteiger partial charge on any atom is -0.411 e. The number of oxime groups is 1. The van der Waals surface area contributed by atoms with Crippen molar-refractivity contribution < 1.29 is 5.21 Å². The van der Waals surface area contributed by atoms with Crippen molar-refractivity contribution in [1.82, 2.24) is 0 Å². The molecule has 0 atom stereocenters. The summed E-state index contributed by atoms with van der Waals surface area (Å²) in [6, 6.07) is 18.3. The van der Waals surface area contributed by atoms with Crippen LogP contribution in [-0.4, -0.2) is 10.9 Å². The van der Waals surface area contributed by atoms with Crippen molar-refractivity contribution >= 4 is 17.5 Å². The Labute approximate surface area is 123 Å². The topological polar surface area (TPSA) is 32.6 Å². The summed E-state index contributed by atoms with van der Waals surface area (Å²) in [7, 11) is 0. The normalized spacial score (nSPS) is 11.3. The Morgan fingerprint density at radius 2 is 1.70 bits per heavy atom. The maximum absolute atomic E-state index is 9.06. The minimum atomic E-state index is 0.696. The molecular formula is C17H17NOS. The van der Waals surface area contributed by atoms with Crippen molar-refractivity contribution in [1.29, 1.82) is 0 Å². The van der Waals surface area contributed by atoms with Gasteiger partial charge in [-0.05, 0) is 42.7 Å². The zero-order chi connectivity index (χ0) is 14.2. The van der Waals surface area contributed by atoms with Crippen LogP contribution in [0.1, 0.15) is 18.4 Å². The van der Waals surface area contributed by atoms with Gasteiger partial charge in [0.1, 0.15) is 0 Å². The molecule has 2 aromatic carbocycles. The lowest BCUT2D eigenvalue weighted by Gasteiger charge is -2.05.